The number of likely N-dealkylation sites (N-methyl/N-ethyl adjacent to an activating group) is 1. The first-order valence-electron chi connectivity index (χ1n) is 9.18. The van der Waals surface area contributed by atoms with Gasteiger partial charge in [0, 0.05) is 12.6 Å². The Morgan fingerprint density at radius 3 is 2.41 bits per heavy atom. The number of sulfonamides is 1. The van der Waals surface area contributed by atoms with Crippen molar-refractivity contribution in [2.24, 2.45) is 0 Å². The number of rotatable bonds is 10. The largest absolute Gasteiger partial charge is 0.476 e. The number of ether oxygens (including phenoxy) is 1. The highest BCUT2D eigenvalue weighted by atomic mass is 32.2. The van der Waals surface area contributed by atoms with Crippen LogP contribution in [0.15, 0.2) is 48.7 Å². The molecule has 158 valence electrons. The summed E-state index contributed by atoms with van der Waals surface area (Å²) < 4.78 is 32.9. The number of carbonyl (C=O) groups excluding carboxylic acids is 1. The fourth-order valence-corrected chi connectivity index (χ4v) is 4.00. The lowest BCUT2D eigenvalue weighted by Gasteiger charge is -2.25. The summed E-state index contributed by atoms with van der Waals surface area (Å²) in [6.07, 6.45) is 1.47. The Labute approximate surface area is 172 Å². The average Bonchev–Trinajstić information content (AvgIpc) is 2.62. The molecule has 2 aromatic rings. The van der Waals surface area contributed by atoms with Crippen molar-refractivity contribution in [1.29, 1.82) is 0 Å². The van der Waals surface area contributed by atoms with Crippen LogP contribution in [0, 0.1) is 0 Å². The van der Waals surface area contributed by atoms with E-state index in [2.05, 4.69) is 15.0 Å². The van der Waals surface area contributed by atoms with Gasteiger partial charge in [0.25, 0.3) is 0 Å². The summed E-state index contributed by atoms with van der Waals surface area (Å²) in [5.74, 6) is -0.240. The Balaban J connectivity index is 1.94. The third-order valence-electron chi connectivity index (χ3n) is 3.96. The number of aromatic nitrogens is 1. The Bertz CT molecular complexity index is 898. The minimum Gasteiger partial charge on any atom is -0.476 e. The molecule has 2 N–H and O–H groups in total. The summed E-state index contributed by atoms with van der Waals surface area (Å²) in [5.41, 5.74) is -0.246. The second kappa shape index (κ2) is 9.82. The molecular weight excluding hydrogens is 392 g/mol. The van der Waals surface area contributed by atoms with Crippen molar-refractivity contribution in [2.45, 2.75) is 25.1 Å². The SMILES string of the molecule is CN(C)CCOc1ccc(NC(=O)C(C)(C)NS(=O)(=O)Cc2ccccc2)cn1. The van der Waals surface area contributed by atoms with Gasteiger partial charge in [-0.15, -0.1) is 0 Å². The number of nitrogens with zero attached hydrogens (tertiary/aromatic N) is 2. The summed E-state index contributed by atoms with van der Waals surface area (Å²) in [6, 6.07) is 12.1. The normalized spacial score (nSPS) is 12.0. The third kappa shape index (κ3) is 7.80. The van der Waals surface area contributed by atoms with Gasteiger partial charge in [-0.25, -0.2) is 13.4 Å². The standard InChI is InChI=1S/C20H28N4O4S/c1-20(2,23-29(26,27)15-16-8-6-5-7-9-16)19(25)22-17-10-11-18(21-14-17)28-13-12-24(3)4/h5-11,14,23H,12-13,15H2,1-4H3,(H,22,25). The van der Waals surface area contributed by atoms with E-state index in [0.29, 0.717) is 23.7 Å². The zero-order valence-electron chi connectivity index (χ0n) is 17.2. The van der Waals surface area contributed by atoms with Gasteiger partial charge in [0.2, 0.25) is 21.8 Å². The van der Waals surface area contributed by atoms with Gasteiger partial charge in [-0.3, -0.25) is 4.79 Å². The van der Waals surface area contributed by atoms with Crippen LogP contribution >= 0.6 is 0 Å². The second-order valence-corrected chi connectivity index (χ2v) is 9.19. The molecule has 0 aliphatic carbocycles. The maximum atomic E-state index is 12.6. The highest BCUT2D eigenvalue weighted by Gasteiger charge is 2.32. The molecule has 0 bridgehead atoms. The Morgan fingerprint density at radius 2 is 1.83 bits per heavy atom. The molecule has 0 fully saturated rings. The lowest BCUT2D eigenvalue weighted by molar-refractivity contribution is -0.120. The lowest BCUT2D eigenvalue weighted by Crippen LogP contribution is -2.52. The van der Waals surface area contributed by atoms with E-state index < -0.39 is 21.5 Å². The van der Waals surface area contributed by atoms with Crippen molar-refractivity contribution in [1.82, 2.24) is 14.6 Å². The Hall–Kier alpha value is -2.49. The predicted molar refractivity (Wildman–Crippen MR) is 113 cm³/mol. The van der Waals surface area contributed by atoms with Crippen molar-refractivity contribution in [2.75, 3.05) is 32.6 Å². The van der Waals surface area contributed by atoms with Gasteiger partial charge in [0.05, 0.1) is 17.6 Å². The van der Waals surface area contributed by atoms with Crippen LogP contribution in [0.2, 0.25) is 0 Å². The molecular formula is C20H28N4O4S. The second-order valence-electron chi connectivity index (χ2n) is 7.46. The molecule has 8 nitrogen and oxygen atoms in total. The molecule has 1 heterocycles. The monoisotopic (exact) mass is 420 g/mol. The summed E-state index contributed by atoms with van der Waals surface area (Å²) in [4.78, 5) is 18.7. The molecule has 2 rings (SSSR count). The number of carbonyl (C=O) groups is 1. The quantitative estimate of drug-likeness (QED) is 0.609. The van der Waals surface area contributed by atoms with E-state index in [9.17, 15) is 13.2 Å². The first-order valence-corrected chi connectivity index (χ1v) is 10.8. The van der Waals surface area contributed by atoms with Crippen LogP contribution in [-0.4, -0.2) is 57.0 Å². The Morgan fingerprint density at radius 1 is 1.14 bits per heavy atom. The van der Waals surface area contributed by atoms with E-state index in [0.717, 1.165) is 6.54 Å². The van der Waals surface area contributed by atoms with Gasteiger partial charge < -0.3 is 15.0 Å². The molecule has 0 saturated heterocycles. The fourth-order valence-electron chi connectivity index (χ4n) is 2.42. The molecule has 0 spiro atoms. The fraction of sp³-hybridized carbons (Fsp3) is 0.400. The van der Waals surface area contributed by atoms with Gasteiger partial charge in [-0.1, -0.05) is 30.3 Å². The molecule has 9 heteroatoms. The van der Waals surface area contributed by atoms with Crippen LogP contribution < -0.4 is 14.8 Å². The maximum Gasteiger partial charge on any atom is 0.245 e. The van der Waals surface area contributed by atoms with E-state index in [-0.39, 0.29) is 5.75 Å². The smallest absolute Gasteiger partial charge is 0.245 e. The summed E-state index contributed by atoms with van der Waals surface area (Å²) in [6.45, 7) is 4.29. The molecule has 0 aliphatic rings. The topological polar surface area (TPSA) is 101 Å². The zero-order chi connectivity index (χ0) is 21.5. The predicted octanol–water partition coefficient (Wildman–Crippen LogP) is 1.86. The van der Waals surface area contributed by atoms with Crippen LogP contribution in [0.1, 0.15) is 19.4 Å². The van der Waals surface area contributed by atoms with Crippen LogP contribution in [-0.2, 0) is 20.6 Å². The van der Waals surface area contributed by atoms with Crippen LogP contribution in [0.3, 0.4) is 0 Å². The number of pyridine rings is 1. The van der Waals surface area contributed by atoms with Crippen LogP contribution in [0.5, 0.6) is 5.88 Å². The Kier molecular flexibility index (Phi) is 7.72. The molecule has 29 heavy (non-hydrogen) atoms. The minimum absolute atomic E-state index is 0.203. The van der Waals surface area contributed by atoms with Crippen LogP contribution in [0.4, 0.5) is 5.69 Å². The summed E-state index contributed by atoms with van der Waals surface area (Å²) >= 11 is 0. The highest BCUT2D eigenvalue weighted by Crippen LogP contribution is 2.15. The maximum absolute atomic E-state index is 12.6. The molecule has 0 radical (unpaired) electrons. The van der Waals surface area contributed by atoms with Gasteiger partial charge in [-0.2, -0.15) is 4.72 Å². The first-order chi connectivity index (χ1) is 13.6. The van der Waals surface area contributed by atoms with Crippen molar-refractivity contribution >= 4 is 21.6 Å². The van der Waals surface area contributed by atoms with E-state index in [4.69, 9.17) is 4.74 Å². The van der Waals surface area contributed by atoms with Crippen molar-refractivity contribution < 1.29 is 17.9 Å². The molecule has 0 saturated carbocycles. The van der Waals surface area contributed by atoms with Crippen molar-refractivity contribution in [3.63, 3.8) is 0 Å². The molecule has 0 atom stereocenters. The molecule has 0 unspecified atom stereocenters. The number of hydrogen-bond acceptors (Lipinski definition) is 6. The number of amides is 1. The first kappa shape index (κ1) is 22.8. The number of hydrogen-bond donors (Lipinski definition) is 2. The van der Waals surface area contributed by atoms with Gasteiger partial charge in [0.15, 0.2) is 0 Å². The van der Waals surface area contributed by atoms with Crippen molar-refractivity contribution in [3.05, 3.63) is 54.2 Å². The molecule has 1 aromatic carbocycles. The van der Waals surface area contributed by atoms with E-state index in [1.54, 1.807) is 36.4 Å². The lowest BCUT2D eigenvalue weighted by atomic mass is 10.1. The van der Waals surface area contributed by atoms with Crippen LogP contribution in [0.25, 0.3) is 0 Å². The van der Waals surface area contributed by atoms with Gasteiger partial charge in [0.1, 0.15) is 12.1 Å². The number of benzene rings is 1. The third-order valence-corrected chi connectivity index (χ3v) is 5.50. The molecule has 0 aliphatic heterocycles. The van der Waals surface area contributed by atoms with Crippen molar-refractivity contribution in [3.8, 4) is 5.88 Å². The molecule has 1 amide bonds. The van der Waals surface area contributed by atoms with E-state index in [1.165, 1.54) is 20.0 Å². The average molecular weight is 421 g/mol. The summed E-state index contributed by atoms with van der Waals surface area (Å²) in [7, 11) is 0.195. The summed E-state index contributed by atoms with van der Waals surface area (Å²) in [5, 5.41) is 2.68. The zero-order valence-corrected chi connectivity index (χ0v) is 18.0. The number of nitrogens with one attached hydrogen (secondary N) is 2. The molecule has 1 aromatic heterocycles. The highest BCUT2D eigenvalue weighted by molar-refractivity contribution is 7.88. The minimum atomic E-state index is -3.70. The van der Waals surface area contributed by atoms with Gasteiger partial charge >= 0.3 is 0 Å². The van der Waals surface area contributed by atoms with E-state index in [1.807, 2.05) is 25.1 Å². The van der Waals surface area contributed by atoms with Gasteiger partial charge in [-0.05, 0) is 39.6 Å². The number of anilines is 1. The van der Waals surface area contributed by atoms with E-state index >= 15 is 0 Å².